The van der Waals surface area contributed by atoms with Crippen LogP contribution in [0.25, 0.3) is 0 Å². The van der Waals surface area contributed by atoms with Gasteiger partial charge in [-0.1, -0.05) is 12.0 Å². The van der Waals surface area contributed by atoms with E-state index >= 15 is 0 Å². The molecule has 1 aromatic carbocycles. The van der Waals surface area contributed by atoms with E-state index in [4.69, 9.17) is 15.9 Å². The average molecular weight is 392 g/mol. The van der Waals surface area contributed by atoms with Gasteiger partial charge in [0.25, 0.3) is 0 Å². The number of hydrogen-bond acceptors (Lipinski definition) is 4. The SMILES string of the molecule is C#CCOc1ccc(CCC(=O)NCc2ccc(C(F)(F)F)cn2)cc1OC. The minimum atomic E-state index is -4.43. The smallest absolute Gasteiger partial charge is 0.417 e. The lowest BCUT2D eigenvalue weighted by atomic mass is 10.1. The van der Waals surface area contributed by atoms with Crippen molar-refractivity contribution < 1.29 is 27.4 Å². The summed E-state index contributed by atoms with van der Waals surface area (Å²) in [7, 11) is 1.51. The molecule has 2 rings (SSSR count). The molecule has 1 N–H and O–H groups in total. The van der Waals surface area contributed by atoms with Crippen LogP contribution in [0.3, 0.4) is 0 Å². The number of carbonyl (C=O) groups excluding carboxylic acids is 1. The molecule has 1 amide bonds. The van der Waals surface area contributed by atoms with Crippen LogP contribution in [0.2, 0.25) is 0 Å². The van der Waals surface area contributed by atoms with Gasteiger partial charge in [-0.2, -0.15) is 13.2 Å². The van der Waals surface area contributed by atoms with E-state index in [0.29, 0.717) is 23.6 Å². The number of methoxy groups -OCH3 is 1. The normalized spacial score (nSPS) is 10.8. The molecule has 0 atom stereocenters. The summed E-state index contributed by atoms with van der Waals surface area (Å²) in [6.45, 7) is 0.176. The van der Waals surface area contributed by atoms with Gasteiger partial charge in [0.2, 0.25) is 5.91 Å². The second kappa shape index (κ2) is 9.65. The molecule has 0 unspecified atom stereocenters. The van der Waals surface area contributed by atoms with Crippen molar-refractivity contribution in [1.29, 1.82) is 0 Å². The third-order valence-electron chi connectivity index (χ3n) is 3.80. The van der Waals surface area contributed by atoms with Gasteiger partial charge in [-0.25, -0.2) is 0 Å². The predicted octanol–water partition coefficient (Wildman–Crippen LogP) is 3.37. The van der Waals surface area contributed by atoms with E-state index in [1.54, 1.807) is 18.2 Å². The van der Waals surface area contributed by atoms with Gasteiger partial charge in [-0.3, -0.25) is 9.78 Å². The number of terminal acetylenes is 1. The van der Waals surface area contributed by atoms with Crippen LogP contribution in [0.5, 0.6) is 11.5 Å². The third-order valence-corrected chi connectivity index (χ3v) is 3.80. The fraction of sp³-hybridized carbons (Fsp3) is 0.300. The summed E-state index contributed by atoms with van der Waals surface area (Å²) in [6, 6.07) is 7.46. The highest BCUT2D eigenvalue weighted by molar-refractivity contribution is 5.76. The van der Waals surface area contributed by atoms with Crippen LogP contribution >= 0.6 is 0 Å². The molecule has 2 aromatic rings. The van der Waals surface area contributed by atoms with Crippen LogP contribution in [0, 0.1) is 12.3 Å². The summed E-state index contributed by atoms with van der Waals surface area (Å²) >= 11 is 0. The van der Waals surface area contributed by atoms with Gasteiger partial charge in [0.1, 0.15) is 6.61 Å². The zero-order valence-electron chi connectivity index (χ0n) is 15.2. The lowest BCUT2D eigenvalue weighted by Gasteiger charge is -2.11. The Balaban J connectivity index is 1.84. The second-order valence-electron chi connectivity index (χ2n) is 5.79. The lowest BCUT2D eigenvalue weighted by Crippen LogP contribution is -2.23. The third kappa shape index (κ3) is 6.20. The molecule has 1 aromatic heterocycles. The largest absolute Gasteiger partial charge is 0.493 e. The Morgan fingerprint density at radius 1 is 1.25 bits per heavy atom. The van der Waals surface area contributed by atoms with Gasteiger partial charge in [0.05, 0.1) is 24.9 Å². The van der Waals surface area contributed by atoms with Gasteiger partial charge in [0.15, 0.2) is 11.5 Å². The summed E-state index contributed by atoms with van der Waals surface area (Å²) in [4.78, 5) is 15.7. The quantitative estimate of drug-likeness (QED) is 0.700. The second-order valence-corrected chi connectivity index (χ2v) is 5.79. The Labute approximate surface area is 160 Å². The molecule has 1 heterocycles. The number of rotatable bonds is 8. The van der Waals surface area contributed by atoms with Gasteiger partial charge in [-0.05, 0) is 36.2 Å². The molecule has 0 spiro atoms. The maximum atomic E-state index is 12.5. The van der Waals surface area contributed by atoms with E-state index in [1.165, 1.54) is 13.2 Å². The number of aromatic nitrogens is 1. The first kappa shape index (κ1) is 21.1. The average Bonchev–Trinajstić information content (AvgIpc) is 2.69. The molecular formula is C20H19F3N2O3. The molecule has 148 valence electrons. The first-order chi connectivity index (χ1) is 13.3. The van der Waals surface area contributed by atoms with E-state index in [2.05, 4.69) is 16.2 Å². The molecule has 8 heteroatoms. The number of hydrogen-bond donors (Lipinski definition) is 1. The fourth-order valence-electron chi connectivity index (χ4n) is 2.34. The molecule has 0 aliphatic carbocycles. The summed E-state index contributed by atoms with van der Waals surface area (Å²) in [5, 5.41) is 2.63. The van der Waals surface area contributed by atoms with Crippen LogP contribution in [-0.2, 0) is 23.9 Å². The zero-order chi connectivity index (χ0) is 20.6. The van der Waals surface area contributed by atoms with Crippen molar-refractivity contribution >= 4 is 5.91 Å². The van der Waals surface area contributed by atoms with E-state index < -0.39 is 11.7 Å². The van der Waals surface area contributed by atoms with Crippen molar-refractivity contribution in [1.82, 2.24) is 10.3 Å². The van der Waals surface area contributed by atoms with E-state index in [1.807, 2.05) is 0 Å². The molecule has 0 fully saturated rings. The van der Waals surface area contributed by atoms with Gasteiger partial charge in [0, 0.05) is 12.6 Å². The first-order valence-corrected chi connectivity index (χ1v) is 8.35. The Kier molecular flexibility index (Phi) is 7.27. The lowest BCUT2D eigenvalue weighted by molar-refractivity contribution is -0.137. The number of amides is 1. The Bertz CT molecular complexity index is 843. The summed E-state index contributed by atoms with van der Waals surface area (Å²) in [6.07, 6.45) is 2.13. The van der Waals surface area contributed by atoms with Crippen LogP contribution in [0.1, 0.15) is 23.2 Å². The fourth-order valence-corrected chi connectivity index (χ4v) is 2.34. The number of ether oxygens (including phenoxy) is 2. The van der Waals surface area contributed by atoms with Crippen molar-refractivity contribution in [3.63, 3.8) is 0 Å². The standard InChI is InChI=1S/C20H19F3N2O3/c1-3-10-28-17-8-4-14(11-18(17)27-2)5-9-19(26)25-13-16-7-6-15(12-24-16)20(21,22)23/h1,4,6-8,11-12H,5,9-10,13H2,2H3,(H,25,26). The highest BCUT2D eigenvalue weighted by atomic mass is 19.4. The van der Waals surface area contributed by atoms with Crippen molar-refractivity contribution in [3.8, 4) is 23.8 Å². The molecule has 28 heavy (non-hydrogen) atoms. The molecule has 0 aliphatic rings. The maximum Gasteiger partial charge on any atom is 0.417 e. The zero-order valence-corrected chi connectivity index (χ0v) is 15.2. The van der Waals surface area contributed by atoms with E-state index in [9.17, 15) is 18.0 Å². The molecule has 0 aliphatic heterocycles. The number of aryl methyl sites for hydroxylation is 1. The highest BCUT2D eigenvalue weighted by Gasteiger charge is 2.30. The topological polar surface area (TPSA) is 60.5 Å². The monoisotopic (exact) mass is 392 g/mol. The minimum Gasteiger partial charge on any atom is -0.493 e. The van der Waals surface area contributed by atoms with Crippen molar-refractivity contribution in [3.05, 3.63) is 53.3 Å². The number of benzene rings is 1. The minimum absolute atomic E-state index is 0.0547. The number of carbonyl (C=O) groups is 1. The van der Waals surface area contributed by atoms with Crippen LogP contribution in [0.4, 0.5) is 13.2 Å². The summed E-state index contributed by atoms with van der Waals surface area (Å²) in [5.74, 6) is 3.16. The Hall–Kier alpha value is -3.21. The Morgan fingerprint density at radius 3 is 2.64 bits per heavy atom. The van der Waals surface area contributed by atoms with Gasteiger partial charge >= 0.3 is 6.18 Å². The van der Waals surface area contributed by atoms with Crippen LogP contribution in [-0.4, -0.2) is 24.6 Å². The number of nitrogens with one attached hydrogen (secondary N) is 1. The number of pyridine rings is 1. The Morgan fingerprint density at radius 2 is 2.04 bits per heavy atom. The molecule has 0 saturated carbocycles. The molecule has 0 saturated heterocycles. The number of halogens is 3. The molecule has 0 bridgehead atoms. The van der Waals surface area contributed by atoms with Crippen LogP contribution in [0.15, 0.2) is 36.5 Å². The number of alkyl halides is 3. The number of nitrogens with zero attached hydrogens (tertiary/aromatic N) is 1. The van der Waals surface area contributed by atoms with Crippen LogP contribution < -0.4 is 14.8 Å². The van der Waals surface area contributed by atoms with Crippen molar-refractivity contribution in [2.45, 2.75) is 25.6 Å². The maximum absolute atomic E-state index is 12.5. The molecule has 0 radical (unpaired) electrons. The van der Waals surface area contributed by atoms with Crippen molar-refractivity contribution in [2.75, 3.05) is 13.7 Å². The highest BCUT2D eigenvalue weighted by Crippen LogP contribution is 2.29. The first-order valence-electron chi connectivity index (χ1n) is 8.35. The predicted molar refractivity (Wildman–Crippen MR) is 96.7 cm³/mol. The molecular weight excluding hydrogens is 373 g/mol. The van der Waals surface area contributed by atoms with Gasteiger partial charge < -0.3 is 14.8 Å². The van der Waals surface area contributed by atoms with Crippen molar-refractivity contribution in [2.24, 2.45) is 0 Å². The summed E-state index contributed by atoms with van der Waals surface area (Å²) < 4.78 is 48.1. The summed E-state index contributed by atoms with van der Waals surface area (Å²) in [5.41, 5.74) is 0.386. The molecule has 5 nitrogen and oxygen atoms in total. The van der Waals surface area contributed by atoms with Gasteiger partial charge in [-0.15, -0.1) is 6.42 Å². The van der Waals surface area contributed by atoms with E-state index in [-0.39, 0.29) is 25.5 Å². The van der Waals surface area contributed by atoms with E-state index in [0.717, 1.165) is 17.8 Å².